The highest BCUT2D eigenvalue weighted by Crippen LogP contribution is 2.44. The monoisotopic (exact) mass is 439 g/mol. The molecular formula is C22H19Cl2N5O. The molecule has 0 radical (unpaired) electrons. The average Bonchev–Trinajstić information content (AvgIpc) is 2.76. The van der Waals surface area contributed by atoms with Crippen LogP contribution in [0.1, 0.15) is 52.7 Å². The molecule has 4 heterocycles. The maximum Gasteiger partial charge on any atom is 0.256 e. The lowest BCUT2D eigenvalue weighted by atomic mass is 9.81. The summed E-state index contributed by atoms with van der Waals surface area (Å²) in [6.07, 6.45) is 6.91. The van der Waals surface area contributed by atoms with Crippen LogP contribution in [0.2, 0.25) is 10.0 Å². The molecule has 2 bridgehead atoms. The summed E-state index contributed by atoms with van der Waals surface area (Å²) in [5.74, 6) is 1.14. The minimum Gasteiger partial charge on any atom is -0.327 e. The molecule has 1 fully saturated rings. The lowest BCUT2D eigenvalue weighted by Gasteiger charge is -2.46. The van der Waals surface area contributed by atoms with Gasteiger partial charge in [-0.15, -0.1) is 0 Å². The molecule has 2 aliphatic rings. The number of carbonyl (C=O) groups is 1. The Morgan fingerprint density at radius 1 is 1.10 bits per heavy atom. The van der Waals surface area contributed by atoms with Gasteiger partial charge in [0.1, 0.15) is 11.5 Å². The number of fused-ring (bicyclic) bond motifs is 4. The Morgan fingerprint density at radius 2 is 1.90 bits per heavy atom. The fourth-order valence-corrected chi connectivity index (χ4v) is 4.98. The molecule has 0 aliphatic carbocycles. The molecule has 30 heavy (non-hydrogen) atoms. The van der Waals surface area contributed by atoms with Gasteiger partial charge in [-0.1, -0.05) is 29.3 Å². The number of halogens is 2. The maximum atomic E-state index is 13.6. The number of hydrogen-bond donors (Lipinski definition) is 0. The Bertz CT molecular complexity index is 1140. The van der Waals surface area contributed by atoms with E-state index in [2.05, 4.69) is 15.0 Å². The van der Waals surface area contributed by atoms with E-state index in [4.69, 9.17) is 28.2 Å². The van der Waals surface area contributed by atoms with Crippen LogP contribution in [0.15, 0.2) is 36.7 Å². The second kappa shape index (κ2) is 7.60. The Balaban J connectivity index is 1.63. The highest BCUT2D eigenvalue weighted by molar-refractivity contribution is 6.43. The Kier molecular flexibility index (Phi) is 4.91. The van der Waals surface area contributed by atoms with Gasteiger partial charge in [0.25, 0.3) is 5.91 Å². The molecule has 6 nitrogen and oxygen atoms in total. The number of benzene rings is 1. The number of rotatable bonds is 2. The molecule has 1 amide bonds. The van der Waals surface area contributed by atoms with Crippen molar-refractivity contribution in [2.24, 2.45) is 0 Å². The van der Waals surface area contributed by atoms with E-state index in [1.54, 1.807) is 36.7 Å². The van der Waals surface area contributed by atoms with E-state index in [0.29, 0.717) is 33.7 Å². The standard InChI is InChI=1S/C22H19Cl2N5O/c1-12-27-19-15(20(28-12)21-25-9-4-10-26-21)11-13-5-2-8-17(19)29(13)22(30)14-6-3-7-16(23)18(14)24/h3-4,6-7,9-10,13,17H,2,5,8,11H2,1H3/t13-,17+/m0/s1. The smallest absolute Gasteiger partial charge is 0.256 e. The highest BCUT2D eigenvalue weighted by Gasteiger charge is 2.43. The van der Waals surface area contributed by atoms with Crippen LogP contribution in [0, 0.1) is 6.92 Å². The zero-order chi connectivity index (χ0) is 20.8. The second-order valence-corrected chi connectivity index (χ2v) is 8.46. The van der Waals surface area contributed by atoms with Crippen LogP contribution in [0.5, 0.6) is 0 Å². The zero-order valence-electron chi connectivity index (χ0n) is 16.3. The van der Waals surface area contributed by atoms with E-state index in [0.717, 1.165) is 36.2 Å². The molecule has 0 unspecified atom stereocenters. The lowest BCUT2D eigenvalue weighted by Crippen LogP contribution is -2.50. The van der Waals surface area contributed by atoms with Crippen molar-refractivity contribution in [1.29, 1.82) is 0 Å². The van der Waals surface area contributed by atoms with Gasteiger partial charge in [-0.2, -0.15) is 0 Å². The topological polar surface area (TPSA) is 71.9 Å². The van der Waals surface area contributed by atoms with Crippen molar-refractivity contribution in [2.45, 2.75) is 44.7 Å². The van der Waals surface area contributed by atoms with Gasteiger partial charge in [-0.25, -0.2) is 19.9 Å². The van der Waals surface area contributed by atoms with Crippen LogP contribution in [0.25, 0.3) is 11.5 Å². The van der Waals surface area contributed by atoms with Gasteiger partial charge < -0.3 is 4.90 Å². The summed E-state index contributed by atoms with van der Waals surface area (Å²) in [7, 11) is 0. The van der Waals surface area contributed by atoms with Crippen molar-refractivity contribution in [2.75, 3.05) is 0 Å². The number of piperidine rings is 1. The lowest BCUT2D eigenvalue weighted by molar-refractivity contribution is 0.0389. The molecule has 2 atom stereocenters. The second-order valence-electron chi connectivity index (χ2n) is 7.67. The molecule has 2 aromatic heterocycles. The number of aryl methyl sites for hydroxylation is 1. The summed E-state index contributed by atoms with van der Waals surface area (Å²) in [6.45, 7) is 1.86. The third-order valence-corrected chi connectivity index (χ3v) is 6.66. The number of nitrogens with zero attached hydrogens (tertiary/aromatic N) is 5. The molecule has 1 aromatic carbocycles. The maximum absolute atomic E-state index is 13.6. The molecule has 8 heteroatoms. The van der Waals surface area contributed by atoms with E-state index in [9.17, 15) is 4.79 Å². The van der Waals surface area contributed by atoms with Gasteiger partial charge in [-0.05, 0) is 50.8 Å². The molecule has 152 valence electrons. The van der Waals surface area contributed by atoms with Gasteiger partial charge in [0.15, 0.2) is 5.82 Å². The minimum atomic E-state index is -0.126. The fourth-order valence-electron chi connectivity index (χ4n) is 4.60. The van der Waals surface area contributed by atoms with Gasteiger partial charge in [0.05, 0.1) is 27.3 Å². The predicted octanol–water partition coefficient (Wildman–Crippen LogP) is 4.84. The first kappa shape index (κ1) is 19.4. The van der Waals surface area contributed by atoms with Gasteiger partial charge >= 0.3 is 0 Å². The third-order valence-electron chi connectivity index (χ3n) is 5.84. The molecular weight excluding hydrogens is 421 g/mol. The van der Waals surface area contributed by atoms with Crippen molar-refractivity contribution in [1.82, 2.24) is 24.8 Å². The summed E-state index contributed by atoms with van der Waals surface area (Å²) >= 11 is 12.5. The van der Waals surface area contributed by atoms with Crippen molar-refractivity contribution < 1.29 is 4.79 Å². The minimum absolute atomic E-state index is 0.0487. The number of aromatic nitrogens is 4. The molecule has 3 aromatic rings. The zero-order valence-corrected chi connectivity index (χ0v) is 17.9. The van der Waals surface area contributed by atoms with Gasteiger partial charge in [0.2, 0.25) is 0 Å². The summed E-state index contributed by atoms with van der Waals surface area (Å²) in [5, 5.41) is 0.678. The van der Waals surface area contributed by atoms with Crippen molar-refractivity contribution in [3.63, 3.8) is 0 Å². The first-order valence-corrected chi connectivity index (χ1v) is 10.7. The summed E-state index contributed by atoms with van der Waals surface area (Å²) in [5.41, 5.74) is 3.14. The molecule has 0 saturated carbocycles. The van der Waals surface area contributed by atoms with Crippen LogP contribution in [-0.2, 0) is 6.42 Å². The van der Waals surface area contributed by atoms with Crippen LogP contribution in [-0.4, -0.2) is 36.8 Å². The fraction of sp³-hybridized carbons (Fsp3) is 0.318. The number of hydrogen-bond acceptors (Lipinski definition) is 5. The number of carbonyl (C=O) groups excluding carboxylic acids is 1. The van der Waals surface area contributed by atoms with E-state index in [1.165, 1.54) is 0 Å². The Hall–Kier alpha value is -2.57. The molecule has 0 spiro atoms. The highest BCUT2D eigenvalue weighted by atomic mass is 35.5. The largest absolute Gasteiger partial charge is 0.327 e. The van der Waals surface area contributed by atoms with Crippen LogP contribution >= 0.6 is 23.2 Å². The first-order valence-electron chi connectivity index (χ1n) is 9.96. The average molecular weight is 440 g/mol. The quantitative estimate of drug-likeness (QED) is 0.570. The Morgan fingerprint density at radius 3 is 2.70 bits per heavy atom. The van der Waals surface area contributed by atoms with Gasteiger partial charge in [0, 0.05) is 24.0 Å². The van der Waals surface area contributed by atoms with Crippen LogP contribution in [0.3, 0.4) is 0 Å². The van der Waals surface area contributed by atoms with E-state index >= 15 is 0 Å². The summed E-state index contributed by atoms with van der Waals surface area (Å²) < 4.78 is 0. The molecule has 0 N–H and O–H groups in total. The van der Waals surface area contributed by atoms with E-state index < -0.39 is 0 Å². The summed E-state index contributed by atoms with van der Waals surface area (Å²) in [4.78, 5) is 33.7. The van der Waals surface area contributed by atoms with Crippen LogP contribution in [0.4, 0.5) is 0 Å². The van der Waals surface area contributed by atoms with E-state index in [1.807, 2.05) is 11.8 Å². The van der Waals surface area contributed by atoms with Crippen molar-refractivity contribution >= 4 is 29.1 Å². The third kappa shape index (κ3) is 3.15. The van der Waals surface area contributed by atoms with Crippen molar-refractivity contribution in [3.8, 4) is 11.5 Å². The molecule has 1 saturated heterocycles. The Labute approximate surface area is 184 Å². The SMILES string of the molecule is Cc1nc(-c2ncccn2)c2c(n1)[C@H]1CCC[C@@H](C2)N1C(=O)c1cccc(Cl)c1Cl. The van der Waals surface area contributed by atoms with Crippen LogP contribution < -0.4 is 0 Å². The van der Waals surface area contributed by atoms with Gasteiger partial charge in [-0.3, -0.25) is 4.79 Å². The normalized spacial score (nSPS) is 20.0. The molecule has 2 aliphatic heterocycles. The predicted molar refractivity (Wildman–Crippen MR) is 115 cm³/mol. The first-order chi connectivity index (χ1) is 14.5. The number of amides is 1. The molecule has 5 rings (SSSR count). The summed E-state index contributed by atoms with van der Waals surface area (Å²) in [6, 6.07) is 6.89. The van der Waals surface area contributed by atoms with E-state index in [-0.39, 0.29) is 18.0 Å². The van der Waals surface area contributed by atoms with Crippen molar-refractivity contribution in [3.05, 3.63) is 69.3 Å².